The Morgan fingerprint density at radius 2 is 2.21 bits per heavy atom. The lowest BCUT2D eigenvalue weighted by Gasteiger charge is -2.26. The zero-order valence-electron chi connectivity index (χ0n) is 8.36. The van der Waals surface area contributed by atoms with Crippen molar-refractivity contribution in [2.45, 2.75) is 38.6 Å². The van der Waals surface area contributed by atoms with Gasteiger partial charge in [-0.2, -0.15) is 0 Å². The Labute approximate surface area is 83.3 Å². The van der Waals surface area contributed by atoms with E-state index in [2.05, 4.69) is 0 Å². The third-order valence-electron chi connectivity index (χ3n) is 1.97. The van der Waals surface area contributed by atoms with Crippen molar-refractivity contribution in [1.29, 1.82) is 5.41 Å². The molecule has 6 nitrogen and oxygen atoms in total. The lowest BCUT2D eigenvalue weighted by atomic mass is 10.1. The molecule has 0 fully saturated rings. The molecule has 6 N–H and O–H groups in total. The summed E-state index contributed by atoms with van der Waals surface area (Å²) >= 11 is 0. The Kier molecular flexibility index (Phi) is 5.62. The second-order valence-corrected chi connectivity index (χ2v) is 3.19. The van der Waals surface area contributed by atoms with Gasteiger partial charge in [-0.15, -0.1) is 0 Å². The highest BCUT2D eigenvalue weighted by molar-refractivity contribution is 5.75. The normalized spacial score (nSPS) is 12.1. The Hall–Kier alpha value is -1.30. The highest BCUT2D eigenvalue weighted by atomic mass is 16.4. The van der Waals surface area contributed by atoms with Gasteiger partial charge >= 0.3 is 5.97 Å². The molecule has 0 rings (SSSR count). The van der Waals surface area contributed by atoms with Crippen LogP contribution in [0, 0.1) is 5.41 Å². The van der Waals surface area contributed by atoms with E-state index in [0.717, 1.165) is 17.9 Å². The molecule has 0 aromatic heterocycles. The molecule has 0 saturated carbocycles. The molecule has 6 heteroatoms. The number of carboxylic acid groups (broad SMARTS) is 1. The van der Waals surface area contributed by atoms with E-state index < -0.39 is 5.97 Å². The van der Waals surface area contributed by atoms with Crippen LogP contribution in [0.3, 0.4) is 0 Å². The molecule has 1 atom stereocenters. The van der Waals surface area contributed by atoms with Gasteiger partial charge in [-0.05, 0) is 6.42 Å². The average molecular weight is 202 g/mol. The van der Waals surface area contributed by atoms with E-state index in [0.29, 0.717) is 6.42 Å². The van der Waals surface area contributed by atoms with Crippen LogP contribution >= 0.6 is 0 Å². The highest BCUT2D eigenvalue weighted by Crippen LogP contribution is 2.09. The van der Waals surface area contributed by atoms with Gasteiger partial charge in [0.2, 0.25) is 5.96 Å². The Bertz CT molecular complexity index is 208. The summed E-state index contributed by atoms with van der Waals surface area (Å²) in [6, 6.07) is -0.384. The maximum absolute atomic E-state index is 10.5. The standard InChI is InChI=1S/C8H18N4O2/c1-2-3-4-6(5-7(13)14)12(11)8(9)10/h6H,2-5,11H2,1H3,(H3,9,10)(H,13,14)/t6-/m0/s1. The van der Waals surface area contributed by atoms with Gasteiger partial charge in [-0.25, -0.2) is 5.84 Å². The van der Waals surface area contributed by atoms with Crippen molar-refractivity contribution in [2.24, 2.45) is 11.6 Å². The van der Waals surface area contributed by atoms with Gasteiger partial charge < -0.3 is 10.8 Å². The van der Waals surface area contributed by atoms with Crippen LogP contribution in [0.2, 0.25) is 0 Å². The van der Waals surface area contributed by atoms with Crippen LogP contribution in [0.4, 0.5) is 0 Å². The second-order valence-electron chi connectivity index (χ2n) is 3.19. The Morgan fingerprint density at radius 3 is 2.57 bits per heavy atom. The largest absolute Gasteiger partial charge is 0.481 e. The number of guanidine groups is 1. The van der Waals surface area contributed by atoms with Crippen LogP contribution in [0.5, 0.6) is 0 Å². The van der Waals surface area contributed by atoms with Crippen LogP contribution in [0.25, 0.3) is 0 Å². The van der Waals surface area contributed by atoms with Crippen LogP contribution < -0.4 is 11.6 Å². The van der Waals surface area contributed by atoms with Crippen molar-refractivity contribution in [3.8, 4) is 0 Å². The zero-order valence-corrected chi connectivity index (χ0v) is 8.36. The number of carbonyl (C=O) groups is 1. The summed E-state index contributed by atoms with van der Waals surface area (Å²) in [6.07, 6.45) is 2.38. The number of hydrogen-bond donors (Lipinski definition) is 4. The maximum Gasteiger partial charge on any atom is 0.305 e. The van der Waals surface area contributed by atoms with Crippen molar-refractivity contribution in [2.75, 3.05) is 0 Å². The molecular weight excluding hydrogens is 184 g/mol. The number of rotatable bonds is 6. The first-order valence-corrected chi connectivity index (χ1v) is 4.58. The summed E-state index contributed by atoms with van der Waals surface area (Å²) in [5, 5.41) is 16.7. The molecule has 0 saturated heterocycles. The Morgan fingerprint density at radius 1 is 1.64 bits per heavy atom. The topological polar surface area (TPSA) is 116 Å². The highest BCUT2D eigenvalue weighted by Gasteiger charge is 2.19. The third kappa shape index (κ3) is 4.66. The summed E-state index contributed by atoms with van der Waals surface area (Å²) < 4.78 is 0. The molecule has 0 aromatic rings. The zero-order chi connectivity index (χ0) is 11.1. The molecule has 0 radical (unpaired) electrons. The molecule has 0 bridgehead atoms. The molecule has 0 aliphatic rings. The molecule has 0 spiro atoms. The maximum atomic E-state index is 10.5. The van der Waals surface area contributed by atoms with Gasteiger partial charge in [0.15, 0.2) is 0 Å². The van der Waals surface area contributed by atoms with Crippen molar-refractivity contribution >= 4 is 11.9 Å². The number of carboxylic acids is 1. The number of aliphatic carboxylic acids is 1. The quantitative estimate of drug-likeness (QED) is 0.211. The third-order valence-corrected chi connectivity index (χ3v) is 1.97. The van der Waals surface area contributed by atoms with Crippen LogP contribution in [0.15, 0.2) is 0 Å². The fraction of sp³-hybridized carbons (Fsp3) is 0.750. The second kappa shape index (κ2) is 6.20. The summed E-state index contributed by atoms with van der Waals surface area (Å²) in [7, 11) is 0. The number of nitrogens with one attached hydrogen (secondary N) is 1. The van der Waals surface area contributed by atoms with Crippen LogP contribution in [0.1, 0.15) is 32.6 Å². The molecule has 82 valence electrons. The first-order valence-electron chi connectivity index (χ1n) is 4.58. The molecular formula is C8H18N4O2. The molecule has 0 aliphatic heterocycles. The minimum absolute atomic E-state index is 0.0872. The molecule has 0 aromatic carbocycles. The van der Waals surface area contributed by atoms with Crippen LogP contribution in [-0.2, 0) is 4.79 Å². The van der Waals surface area contributed by atoms with E-state index >= 15 is 0 Å². The SMILES string of the molecule is CCCC[C@@H](CC(=O)O)N(N)C(=N)N. The van der Waals surface area contributed by atoms with Gasteiger partial charge in [-0.1, -0.05) is 19.8 Å². The van der Waals surface area contributed by atoms with Crippen molar-refractivity contribution in [3.05, 3.63) is 0 Å². The summed E-state index contributed by atoms with van der Waals surface area (Å²) in [6.45, 7) is 2.01. The summed E-state index contributed by atoms with van der Waals surface area (Å²) in [5.41, 5.74) is 5.18. The smallest absolute Gasteiger partial charge is 0.305 e. The van der Waals surface area contributed by atoms with E-state index in [1.54, 1.807) is 0 Å². The molecule has 0 aliphatic carbocycles. The van der Waals surface area contributed by atoms with Gasteiger partial charge in [0, 0.05) is 0 Å². The van der Waals surface area contributed by atoms with E-state index in [9.17, 15) is 4.79 Å². The number of nitrogens with zero attached hydrogens (tertiary/aromatic N) is 1. The average Bonchev–Trinajstić information content (AvgIpc) is 2.10. The number of hydrogen-bond acceptors (Lipinski definition) is 3. The first kappa shape index (κ1) is 12.7. The van der Waals surface area contributed by atoms with Gasteiger partial charge in [0.1, 0.15) is 0 Å². The number of nitrogens with two attached hydrogens (primary N) is 2. The fourth-order valence-electron chi connectivity index (χ4n) is 1.18. The van der Waals surface area contributed by atoms with Crippen LogP contribution in [-0.4, -0.2) is 28.1 Å². The van der Waals surface area contributed by atoms with E-state index in [-0.39, 0.29) is 18.4 Å². The van der Waals surface area contributed by atoms with Gasteiger partial charge in [0.05, 0.1) is 12.5 Å². The predicted molar refractivity (Wildman–Crippen MR) is 53.5 cm³/mol. The van der Waals surface area contributed by atoms with Gasteiger partial charge in [0.25, 0.3) is 0 Å². The molecule has 0 unspecified atom stereocenters. The number of hydrazine groups is 1. The predicted octanol–water partition coefficient (Wildman–Crippen LogP) is 0.0891. The lowest BCUT2D eigenvalue weighted by molar-refractivity contribution is -0.138. The lowest BCUT2D eigenvalue weighted by Crippen LogP contribution is -2.49. The van der Waals surface area contributed by atoms with E-state index in [4.69, 9.17) is 22.1 Å². The van der Waals surface area contributed by atoms with Crippen molar-refractivity contribution in [1.82, 2.24) is 5.01 Å². The minimum atomic E-state index is -0.928. The van der Waals surface area contributed by atoms with Crippen molar-refractivity contribution in [3.63, 3.8) is 0 Å². The van der Waals surface area contributed by atoms with E-state index in [1.807, 2.05) is 6.92 Å². The monoisotopic (exact) mass is 202 g/mol. The summed E-state index contributed by atoms with van der Waals surface area (Å²) in [4.78, 5) is 10.5. The van der Waals surface area contributed by atoms with E-state index in [1.165, 1.54) is 0 Å². The molecule has 14 heavy (non-hydrogen) atoms. The number of unbranched alkanes of at least 4 members (excludes halogenated alkanes) is 1. The molecule has 0 heterocycles. The van der Waals surface area contributed by atoms with Crippen molar-refractivity contribution < 1.29 is 9.90 Å². The van der Waals surface area contributed by atoms with Gasteiger partial charge in [-0.3, -0.25) is 15.2 Å². The first-order chi connectivity index (χ1) is 6.49. The fourth-order valence-corrected chi connectivity index (χ4v) is 1.18. The Balaban J connectivity index is 4.22. The summed E-state index contributed by atoms with van der Waals surface area (Å²) in [5.74, 6) is 4.24. The minimum Gasteiger partial charge on any atom is -0.481 e. The molecule has 0 amide bonds.